The molecule has 1 heterocycles. The molecule has 1 aliphatic rings. The van der Waals surface area contributed by atoms with Gasteiger partial charge in [0, 0.05) is 6.42 Å². The molecule has 0 spiro atoms. The Labute approximate surface area is 64.6 Å². The summed E-state index contributed by atoms with van der Waals surface area (Å²) in [6.07, 6.45) is 4.37. The van der Waals surface area contributed by atoms with Crippen LogP contribution in [0.3, 0.4) is 0 Å². The van der Waals surface area contributed by atoms with E-state index in [0.29, 0.717) is 12.4 Å². The quantitative estimate of drug-likeness (QED) is 0.542. The summed E-state index contributed by atoms with van der Waals surface area (Å²) in [6, 6.07) is 0. The maximum absolute atomic E-state index is 10.8. The summed E-state index contributed by atoms with van der Waals surface area (Å²) in [5.74, 6) is 0.508. The number of carbonyl (C=O) groups is 1. The molecule has 1 rings (SSSR count). The molecule has 0 amide bonds. The number of hydrogen-bond donors (Lipinski definition) is 0. The molecule has 0 N–H and O–H groups in total. The van der Waals surface area contributed by atoms with E-state index in [-0.39, 0.29) is 11.2 Å². The second-order valence-electron chi connectivity index (χ2n) is 2.07. The van der Waals surface area contributed by atoms with Crippen molar-refractivity contribution in [2.45, 2.75) is 19.4 Å². The van der Waals surface area contributed by atoms with Crippen LogP contribution in [0.4, 0.5) is 0 Å². The van der Waals surface area contributed by atoms with Crippen molar-refractivity contribution in [2.75, 3.05) is 5.94 Å². The zero-order valence-corrected chi connectivity index (χ0v) is 6.69. The Morgan fingerprint density at radius 2 is 2.60 bits per heavy atom. The molecule has 1 unspecified atom stereocenters. The van der Waals surface area contributed by atoms with Crippen LogP contribution < -0.4 is 0 Å². The molecule has 0 aliphatic carbocycles. The summed E-state index contributed by atoms with van der Waals surface area (Å²) in [5.41, 5.74) is 0. The second-order valence-corrected chi connectivity index (χ2v) is 3.05. The summed E-state index contributed by atoms with van der Waals surface area (Å²) < 4.78 is 5.24. The molecule has 1 atom stereocenters. The van der Waals surface area contributed by atoms with Crippen molar-refractivity contribution >= 4 is 16.9 Å². The van der Waals surface area contributed by atoms with E-state index in [0.717, 1.165) is 0 Å². The molecule has 0 radical (unpaired) electrons. The van der Waals surface area contributed by atoms with Crippen LogP contribution in [-0.4, -0.2) is 17.2 Å². The third-order valence-corrected chi connectivity index (χ3v) is 2.02. The Morgan fingerprint density at radius 3 is 3.20 bits per heavy atom. The van der Waals surface area contributed by atoms with Crippen molar-refractivity contribution in [2.24, 2.45) is 0 Å². The average molecular weight is 158 g/mol. The summed E-state index contributed by atoms with van der Waals surface area (Å²) in [5, 5.41) is 0.231. The van der Waals surface area contributed by atoms with Gasteiger partial charge < -0.3 is 4.74 Å². The van der Waals surface area contributed by atoms with E-state index in [4.69, 9.17) is 4.74 Å². The van der Waals surface area contributed by atoms with Gasteiger partial charge in [-0.25, -0.2) is 0 Å². The summed E-state index contributed by atoms with van der Waals surface area (Å²) in [7, 11) is 0. The minimum Gasteiger partial charge on any atom is -0.363 e. The lowest BCUT2D eigenvalue weighted by Crippen LogP contribution is -2.19. The molecule has 56 valence electrons. The Balaban J connectivity index is 2.39. The third-order valence-electron chi connectivity index (χ3n) is 1.28. The van der Waals surface area contributed by atoms with Crippen LogP contribution in [0.1, 0.15) is 13.3 Å². The molecule has 1 saturated heterocycles. The standard InChI is InChI=1S/C7H10O2S/c1-2-3-6-4-7(8)10-5-9-6/h2-3,6H,4-5H2,1H3/b3-2+. The van der Waals surface area contributed by atoms with Crippen molar-refractivity contribution in [3.8, 4) is 0 Å². The minimum atomic E-state index is 0.0266. The molecule has 10 heavy (non-hydrogen) atoms. The van der Waals surface area contributed by atoms with Crippen molar-refractivity contribution in [1.29, 1.82) is 0 Å². The fourth-order valence-corrected chi connectivity index (χ4v) is 1.46. The fourth-order valence-electron chi connectivity index (χ4n) is 0.808. The lowest BCUT2D eigenvalue weighted by atomic mass is 10.2. The monoisotopic (exact) mass is 158 g/mol. The third kappa shape index (κ3) is 2.15. The molecular weight excluding hydrogens is 148 g/mol. The second kappa shape index (κ2) is 3.78. The van der Waals surface area contributed by atoms with Gasteiger partial charge in [-0.1, -0.05) is 23.9 Å². The number of ether oxygens (including phenoxy) is 1. The van der Waals surface area contributed by atoms with E-state index in [1.807, 2.05) is 19.1 Å². The van der Waals surface area contributed by atoms with Crippen molar-refractivity contribution in [3.63, 3.8) is 0 Å². The molecule has 0 aromatic rings. The summed E-state index contributed by atoms with van der Waals surface area (Å²) in [4.78, 5) is 10.8. The molecule has 0 saturated carbocycles. The molecule has 0 aromatic carbocycles. The van der Waals surface area contributed by atoms with Gasteiger partial charge in [-0.3, -0.25) is 4.79 Å². The molecule has 0 bridgehead atoms. The number of allylic oxidation sites excluding steroid dienone is 1. The fraction of sp³-hybridized carbons (Fsp3) is 0.571. The number of carbonyl (C=O) groups excluding carboxylic acids is 1. The number of hydrogen-bond acceptors (Lipinski definition) is 3. The SMILES string of the molecule is C/C=C/C1CC(=O)SCO1. The first-order valence-corrected chi connectivity index (χ1v) is 4.21. The van der Waals surface area contributed by atoms with Crippen LogP contribution in [-0.2, 0) is 9.53 Å². The van der Waals surface area contributed by atoms with Gasteiger partial charge in [0.1, 0.15) is 5.94 Å². The van der Waals surface area contributed by atoms with Gasteiger partial charge >= 0.3 is 0 Å². The maximum Gasteiger partial charge on any atom is 0.194 e. The number of thioether (sulfide) groups is 1. The van der Waals surface area contributed by atoms with Gasteiger partial charge in [0.2, 0.25) is 0 Å². The molecular formula is C7H10O2S. The molecule has 1 aliphatic heterocycles. The average Bonchev–Trinajstić information content (AvgIpc) is 1.88. The van der Waals surface area contributed by atoms with Crippen LogP contribution in [0.15, 0.2) is 12.2 Å². The van der Waals surface area contributed by atoms with Crippen molar-refractivity contribution in [3.05, 3.63) is 12.2 Å². The highest BCUT2D eigenvalue weighted by atomic mass is 32.2. The largest absolute Gasteiger partial charge is 0.363 e. The zero-order valence-electron chi connectivity index (χ0n) is 5.87. The normalized spacial score (nSPS) is 27.7. The lowest BCUT2D eigenvalue weighted by molar-refractivity contribution is -0.113. The van der Waals surface area contributed by atoms with Gasteiger partial charge in [-0.05, 0) is 6.92 Å². The summed E-state index contributed by atoms with van der Waals surface area (Å²) >= 11 is 1.25. The van der Waals surface area contributed by atoms with Crippen LogP contribution >= 0.6 is 11.8 Å². The highest BCUT2D eigenvalue weighted by Gasteiger charge is 2.17. The predicted molar refractivity (Wildman–Crippen MR) is 41.8 cm³/mol. The lowest BCUT2D eigenvalue weighted by Gasteiger charge is -2.17. The molecule has 0 aromatic heterocycles. The Morgan fingerprint density at radius 1 is 1.80 bits per heavy atom. The van der Waals surface area contributed by atoms with E-state index in [1.54, 1.807) is 0 Å². The van der Waals surface area contributed by atoms with Gasteiger partial charge in [-0.2, -0.15) is 0 Å². The van der Waals surface area contributed by atoms with E-state index >= 15 is 0 Å². The molecule has 3 heteroatoms. The van der Waals surface area contributed by atoms with Gasteiger partial charge in [0.05, 0.1) is 6.10 Å². The van der Waals surface area contributed by atoms with Gasteiger partial charge in [0.25, 0.3) is 0 Å². The smallest absolute Gasteiger partial charge is 0.194 e. The Bertz CT molecular complexity index is 154. The van der Waals surface area contributed by atoms with E-state index < -0.39 is 0 Å². The summed E-state index contributed by atoms with van der Waals surface area (Å²) in [6.45, 7) is 1.93. The molecule has 1 fully saturated rings. The molecule has 2 nitrogen and oxygen atoms in total. The van der Waals surface area contributed by atoms with Gasteiger partial charge in [-0.15, -0.1) is 0 Å². The first-order valence-electron chi connectivity index (χ1n) is 3.23. The van der Waals surface area contributed by atoms with Crippen LogP contribution in [0.2, 0.25) is 0 Å². The van der Waals surface area contributed by atoms with E-state index in [2.05, 4.69) is 0 Å². The van der Waals surface area contributed by atoms with Crippen molar-refractivity contribution in [1.82, 2.24) is 0 Å². The Hall–Kier alpha value is -0.280. The van der Waals surface area contributed by atoms with Crippen LogP contribution in [0.25, 0.3) is 0 Å². The van der Waals surface area contributed by atoms with E-state index in [9.17, 15) is 4.79 Å². The first-order chi connectivity index (χ1) is 4.83. The Kier molecular flexibility index (Phi) is 2.96. The van der Waals surface area contributed by atoms with Crippen molar-refractivity contribution < 1.29 is 9.53 Å². The van der Waals surface area contributed by atoms with Gasteiger partial charge in [0.15, 0.2) is 5.12 Å². The number of rotatable bonds is 1. The minimum absolute atomic E-state index is 0.0266. The first kappa shape index (κ1) is 7.82. The predicted octanol–water partition coefficient (Wildman–Crippen LogP) is 1.57. The topological polar surface area (TPSA) is 26.3 Å². The highest BCUT2D eigenvalue weighted by Crippen LogP contribution is 2.18. The van der Waals surface area contributed by atoms with E-state index in [1.165, 1.54) is 11.8 Å². The van der Waals surface area contributed by atoms with Crippen LogP contribution in [0, 0.1) is 0 Å². The maximum atomic E-state index is 10.8. The van der Waals surface area contributed by atoms with Crippen LogP contribution in [0.5, 0.6) is 0 Å². The highest BCUT2D eigenvalue weighted by molar-refractivity contribution is 8.13. The zero-order chi connectivity index (χ0) is 7.40.